The van der Waals surface area contributed by atoms with Crippen LogP contribution in [-0.2, 0) is 20.9 Å². The molecule has 4 rings (SSSR count). The highest BCUT2D eigenvalue weighted by Crippen LogP contribution is 2.41. The van der Waals surface area contributed by atoms with Crippen LogP contribution in [0.4, 0.5) is 0 Å². The molecule has 1 unspecified atom stereocenters. The smallest absolute Gasteiger partial charge is 0.337 e. The van der Waals surface area contributed by atoms with Gasteiger partial charge in [0.15, 0.2) is 0 Å². The van der Waals surface area contributed by atoms with E-state index in [0.717, 1.165) is 0 Å². The topological polar surface area (TPSA) is 113 Å². The van der Waals surface area contributed by atoms with Crippen molar-refractivity contribution in [2.75, 3.05) is 14.2 Å². The van der Waals surface area contributed by atoms with Gasteiger partial charge in [0.1, 0.15) is 17.3 Å². The van der Waals surface area contributed by atoms with Crippen LogP contribution in [0.5, 0.6) is 11.5 Å². The fraction of sp³-hybridized carbons (Fsp3) is 0.148. The summed E-state index contributed by atoms with van der Waals surface area (Å²) in [6.07, 6.45) is 0. The van der Waals surface area contributed by atoms with Crippen molar-refractivity contribution in [1.82, 2.24) is 4.90 Å². The van der Waals surface area contributed by atoms with Gasteiger partial charge in [-0.25, -0.2) is 4.79 Å². The van der Waals surface area contributed by atoms with E-state index >= 15 is 0 Å². The number of carbonyl (C=O) groups is 3. The second kappa shape index (κ2) is 10.1. The molecule has 1 aliphatic rings. The lowest BCUT2D eigenvalue weighted by molar-refractivity contribution is -0.140. The van der Waals surface area contributed by atoms with E-state index in [1.165, 1.54) is 43.4 Å². The fourth-order valence-electron chi connectivity index (χ4n) is 4.08. The SMILES string of the molecule is COC(=O)c1ccc(CN2C(=O)C(=O)/C(=C(\O)c3ccc(OC)c(Cl)c3)C2c2ccc(O)cc2)cc1. The average Bonchev–Trinajstić information content (AvgIpc) is 3.13. The minimum absolute atomic E-state index is 0.0102. The van der Waals surface area contributed by atoms with Crippen LogP contribution >= 0.6 is 11.6 Å². The number of phenols is 1. The summed E-state index contributed by atoms with van der Waals surface area (Å²) in [5.74, 6) is -2.14. The number of rotatable bonds is 6. The van der Waals surface area contributed by atoms with Crippen LogP contribution in [-0.4, -0.2) is 47.0 Å². The zero-order valence-corrected chi connectivity index (χ0v) is 20.2. The average molecular weight is 508 g/mol. The van der Waals surface area contributed by atoms with Crippen molar-refractivity contribution >= 4 is 35.0 Å². The molecule has 184 valence electrons. The molecule has 0 spiro atoms. The quantitative estimate of drug-likeness (QED) is 0.219. The molecule has 0 bridgehead atoms. The minimum Gasteiger partial charge on any atom is -0.508 e. The Morgan fingerprint density at radius 1 is 0.972 bits per heavy atom. The van der Waals surface area contributed by atoms with Crippen molar-refractivity contribution in [1.29, 1.82) is 0 Å². The van der Waals surface area contributed by atoms with Gasteiger partial charge in [-0.05, 0) is 53.6 Å². The largest absolute Gasteiger partial charge is 0.508 e. The molecule has 1 saturated heterocycles. The van der Waals surface area contributed by atoms with Crippen molar-refractivity contribution in [2.24, 2.45) is 0 Å². The van der Waals surface area contributed by atoms with Crippen LogP contribution in [0.15, 0.2) is 72.3 Å². The molecule has 3 aromatic rings. The van der Waals surface area contributed by atoms with Gasteiger partial charge in [0.05, 0.1) is 36.4 Å². The van der Waals surface area contributed by atoms with Gasteiger partial charge in [0, 0.05) is 12.1 Å². The standard InChI is InChI=1S/C27H22ClNO7/c1-35-21-12-9-18(13-20(21)28)24(31)22-23(16-7-10-19(30)11-8-16)29(26(33)25(22)32)14-15-3-5-17(6-4-15)27(34)36-2/h3-13,23,30-31H,14H2,1-2H3/b24-22-. The van der Waals surface area contributed by atoms with E-state index in [0.29, 0.717) is 22.4 Å². The number of Topliss-reactive ketones (excluding diaryl/α,β-unsaturated/α-hetero) is 1. The number of methoxy groups -OCH3 is 2. The number of likely N-dealkylation sites (tertiary alicyclic amines) is 1. The van der Waals surface area contributed by atoms with E-state index in [9.17, 15) is 24.6 Å². The maximum absolute atomic E-state index is 13.2. The molecule has 0 saturated carbocycles. The minimum atomic E-state index is -0.938. The van der Waals surface area contributed by atoms with E-state index in [1.807, 2.05) is 0 Å². The van der Waals surface area contributed by atoms with E-state index < -0.39 is 23.7 Å². The number of aliphatic hydroxyl groups is 1. The molecule has 1 amide bonds. The lowest BCUT2D eigenvalue weighted by atomic mass is 9.95. The molecule has 1 heterocycles. The number of benzene rings is 3. The van der Waals surface area contributed by atoms with Crippen LogP contribution in [0.1, 0.15) is 33.1 Å². The molecule has 2 N–H and O–H groups in total. The summed E-state index contributed by atoms with van der Waals surface area (Å²) in [6, 6.07) is 16.1. The molecule has 9 heteroatoms. The maximum atomic E-state index is 13.2. The number of hydrogen-bond donors (Lipinski definition) is 2. The number of esters is 1. The Kier molecular flexibility index (Phi) is 6.98. The third-order valence-corrected chi connectivity index (χ3v) is 6.20. The molecule has 1 fully saturated rings. The van der Waals surface area contributed by atoms with Crippen molar-refractivity contribution in [3.63, 3.8) is 0 Å². The van der Waals surface area contributed by atoms with E-state index in [4.69, 9.17) is 21.1 Å². The second-order valence-corrected chi connectivity index (χ2v) is 8.46. The lowest BCUT2D eigenvalue weighted by Gasteiger charge is -2.25. The van der Waals surface area contributed by atoms with Gasteiger partial charge >= 0.3 is 5.97 Å². The van der Waals surface area contributed by atoms with Gasteiger partial charge in [-0.15, -0.1) is 0 Å². The number of amides is 1. The Morgan fingerprint density at radius 2 is 1.61 bits per heavy atom. The highest BCUT2D eigenvalue weighted by Gasteiger charge is 2.46. The number of ketones is 1. The highest BCUT2D eigenvalue weighted by atomic mass is 35.5. The molecule has 36 heavy (non-hydrogen) atoms. The van der Waals surface area contributed by atoms with Gasteiger partial charge in [0.25, 0.3) is 11.7 Å². The molecule has 0 aromatic heterocycles. The van der Waals surface area contributed by atoms with Crippen molar-refractivity contribution in [3.05, 3.63) is 99.6 Å². The molecule has 1 atom stereocenters. The van der Waals surface area contributed by atoms with Crippen LogP contribution in [0.25, 0.3) is 5.76 Å². The number of aromatic hydroxyl groups is 1. The number of carbonyl (C=O) groups excluding carboxylic acids is 3. The highest BCUT2D eigenvalue weighted by molar-refractivity contribution is 6.46. The summed E-state index contributed by atoms with van der Waals surface area (Å²) >= 11 is 6.22. The van der Waals surface area contributed by atoms with Crippen LogP contribution in [0.2, 0.25) is 5.02 Å². The fourth-order valence-corrected chi connectivity index (χ4v) is 4.33. The molecule has 3 aromatic carbocycles. The van der Waals surface area contributed by atoms with Crippen LogP contribution in [0.3, 0.4) is 0 Å². The van der Waals surface area contributed by atoms with Crippen molar-refractivity contribution in [2.45, 2.75) is 12.6 Å². The molecule has 0 aliphatic carbocycles. The predicted molar refractivity (Wildman–Crippen MR) is 132 cm³/mol. The monoisotopic (exact) mass is 507 g/mol. The summed E-state index contributed by atoms with van der Waals surface area (Å²) in [5.41, 5.74) is 1.64. The first-order valence-electron chi connectivity index (χ1n) is 10.8. The third-order valence-electron chi connectivity index (χ3n) is 5.90. The number of nitrogens with zero attached hydrogens (tertiary/aromatic N) is 1. The maximum Gasteiger partial charge on any atom is 0.337 e. The van der Waals surface area contributed by atoms with E-state index in [2.05, 4.69) is 0 Å². The summed E-state index contributed by atoms with van der Waals surface area (Å²) in [6.45, 7) is 0.0255. The Hall–Kier alpha value is -4.30. The van der Waals surface area contributed by atoms with Gasteiger partial charge in [-0.1, -0.05) is 35.9 Å². The van der Waals surface area contributed by atoms with Crippen LogP contribution in [0, 0.1) is 0 Å². The third kappa shape index (κ3) is 4.63. The first-order valence-corrected chi connectivity index (χ1v) is 11.2. The van der Waals surface area contributed by atoms with Gasteiger partial charge in [-0.3, -0.25) is 9.59 Å². The Labute approximate surface area is 211 Å². The van der Waals surface area contributed by atoms with Gasteiger partial charge in [-0.2, -0.15) is 0 Å². The number of halogens is 1. The Balaban J connectivity index is 1.80. The number of aliphatic hydroxyl groups excluding tert-OH is 1. The second-order valence-electron chi connectivity index (χ2n) is 8.06. The van der Waals surface area contributed by atoms with E-state index in [-0.39, 0.29) is 34.2 Å². The summed E-state index contributed by atoms with van der Waals surface area (Å²) in [4.78, 5) is 39.4. The first-order chi connectivity index (χ1) is 17.2. The normalized spacial score (nSPS) is 16.8. The van der Waals surface area contributed by atoms with E-state index in [1.54, 1.807) is 42.5 Å². The first kappa shape index (κ1) is 24.8. The van der Waals surface area contributed by atoms with Gasteiger partial charge in [0.2, 0.25) is 0 Å². The summed E-state index contributed by atoms with van der Waals surface area (Å²) in [7, 11) is 2.73. The van der Waals surface area contributed by atoms with Gasteiger partial charge < -0.3 is 24.6 Å². The number of hydrogen-bond acceptors (Lipinski definition) is 7. The lowest BCUT2D eigenvalue weighted by Crippen LogP contribution is -2.29. The van der Waals surface area contributed by atoms with Crippen LogP contribution < -0.4 is 4.74 Å². The number of phenolic OH excluding ortho intramolecular Hbond substituents is 1. The molecule has 8 nitrogen and oxygen atoms in total. The van der Waals surface area contributed by atoms with Crippen molar-refractivity contribution in [3.8, 4) is 11.5 Å². The predicted octanol–water partition coefficient (Wildman–Crippen LogP) is 4.46. The molecule has 0 radical (unpaired) electrons. The summed E-state index contributed by atoms with van der Waals surface area (Å²) < 4.78 is 9.86. The Bertz CT molecular complexity index is 1360. The molecule has 1 aliphatic heterocycles. The summed E-state index contributed by atoms with van der Waals surface area (Å²) in [5, 5.41) is 21.2. The zero-order valence-electron chi connectivity index (χ0n) is 19.4. The zero-order chi connectivity index (χ0) is 26.0. The number of ether oxygens (including phenoxy) is 2. The molecular weight excluding hydrogens is 486 g/mol. The van der Waals surface area contributed by atoms with Crippen molar-refractivity contribution < 1.29 is 34.1 Å². The molecular formula is C27H22ClNO7. The Morgan fingerprint density at radius 3 is 2.19 bits per heavy atom.